The van der Waals surface area contributed by atoms with Crippen molar-refractivity contribution in [1.29, 1.82) is 0 Å². The summed E-state index contributed by atoms with van der Waals surface area (Å²) in [6.45, 7) is 7.85. The van der Waals surface area contributed by atoms with Gasteiger partial charge in [0.25, 0.3) is 0 Å². The van der Waals surface area contributed by atoms with E-state index < -0.39 is 0 Å². The lowest BCUT2D eigenvalue weighted by atomic mass is 9.85. The molecule has 3 heteroatoms. The molecule has 0 atom stereocenters. The van der Waals surface area contributed by atoms with E-state index in [1.165, 1.54) is 12.2 Å². The van der Waals surface area contributed by atoms with Crippen molar-refractivity contribution in [3.05, 3.63) is 11.6 Å². The molecule has 1 aliphatic rings. The highest BCUT2D eigenvalue weighted by Gasteiger charge is 2.27. The van der Waals surface area contributed by atoms with Crippen molar-refractivity contribution in [2.24, 2.45) is 5.41 Å². The second-order valence-electron chi connectivity index (χ2n) is 4.64. The summed E-state index contributed by atoms with van der Waals surface area (Å²) in [7, 11) is 0. The van der Waals surface area contributed by atoms with E-state index in [1.54, 1.807) is 0 Å². The zero-order chi connectivity index (χ0) is 9.47. The Balaban J connectivity index is 2.36. The minimum atomic E-state index is 0.416. The second-order valence-corrected chi connectivity index (χ2v) is 4.64. The van der Waals surface area contributed by atoms with Gasteiger partial charge in [0, 0.05) is 19.4 Å². The molecule has 0 saturated carbocycles. The highest BCUT2D eigenvalue weighted by molar-refractivity contribution is 5.01. The van der Waals surface area contributed by atoms with Crippen LogP contribution in [-0.4, -0.2) is 14.8 Å². The topological polar surface area (TPSA) is 30.7 Å². The number of aryl methyl sites for hydroxylation is 2. The first-order valence-corrected chi connectivity index (χ1v) is 5.03. The van der Waals surface area contributed by atoms with Crippen LogP contribution in [0.2, 0.25) is 0 Å². The van der Waals surface area contributed by atoms with Gasteiger partial charge in [-0.1, -0.05) is 20.8 Å². The largest absolute Gasteiger partial charge is 0.314 e. The standard InChI is InChI=1S/C10H17N3/c1-4-8-11-12-9-5-6-10(2,3)7-13(8)9/h4-7H2,1-3H3. The van der Waals surface area contributed by atoms with E-state index in [9.17, 15) is 0 Å². The van der Waals surface area contributed by atoms with Crippen LogP contribution >= 0.6 is 0 Å². The van der Waals surface area contributed by atoms with Gasteiger partial charge in [-0.25, -0.2) is 0 Å². The Bertz CT molecular complexity index is 298. The van der Waals surface area contributed by atoms with Crippen LogP contribution < -0.4 is 0 Å². The first-order chi connectivity index (χ1) is 6.12. The quantitative estimate of drug-likeness (QED) is 0.658. The number of aromatic nitrogens is 3. The van der Waals surface area contributed by atoms with Crippen molar-refractivity contribution in [2.45, 2.75) is 46.6 Å². The average molecular weight is 179 g/mol. The Morgan fingerprint density at radius 1 is 1.38 bits per heavy atom. The summed E-state index contributed by atoms with van der Waals surface area (Å²) < 4.78 is 2.30. The van der Waals surface area contributed by atoms with Crippen LogP contribution in [0.1, 0.15) is 38.8 Å². The molecule has 0 unspecified atom stereocenters. The van der Waals surface area contributed by atoms with Gasteiger partial charge in [0.1, 0.15) is 11.6 Å². The zero-order valence-electron chi connectivity index (χ0n) is 8.67. The Morgan fingerprint density at radius 3 is 2.85 bits per heavy atom. The van der Waals surface area contributed by atoms with Gasteiger partial charge in [0.2, 0.25) is 0 Å². The summed E-state index contributed by atoms with van der Waals surface area (Å²) in [4.78, 5) is 0. The van der Waals surface area contributed by atoms with Gasteiger partial charge in [-0.15, -0.1) is 10.2 Å². The molecule has 3 nitrogen and oxygen atoms in total. The van der Waals surface area contributed by atoms with Gasteiger partial charge in [-0.2, -0.15) is 0 Å². The molecular formula is C10H17N3. The lowest BCUT2D eigenvalue weighted by molar-refractivity contribution is 0.243. The smallest absolute Gasteiger partial charge is 0.133 e. The Morgan fingerprint density at radius 2 is 2.15 bits per heavy atom. The molecule has 72 valence electrons. The minimum Gasteiger partial charge on any atom is -0.314 e. The summed E-state index contributed by atoms with van der Waals surface area (Å²) in [5.41, 5.74) is 0.416. The van der Waals surface area contributed by atoms with Gasteiger partial charge < -0.3 is 4.57 Å². The highest BCUT2D eigenvalue weighted by Crippen LogP contribution is 2.30. The van der Waals surface area contributed by atoms with Crippen molar-refractivity contribution >= 4 is 0 Å². The molecule has 13 heavy (non-hydrogen) atoms. The van der Waals surface area contributed by atoms with E-state index in [0.717, 1.165) is 25.2 Å². The van der Waals surface area contributed by atoms with Gasteiger partial charge >= 0.3 is 0 Å². The van der Waals surface area contributed by atoms with Gasteiger partial charge in [0.05, 0.1) is 0 Å². The van der Waals surface area contributed by atoms with Crippen molar-refractivity contribution < 1.29 is 0 Å². The molecular weight excluding hydrogens is 162 g/mol. The molecule has 0 aliphatic carbocycles. The van der Waals surface area contributed by atoms with Gasteiger partial charge in [-0.05, 0) is 11.8 Å². The maximum Gasteiger partial charge on any atom is 0.133 e. The SMILES string of the molecule is CCc1nnc2n1CC(C)(C)CC2. The Hall–Kier alpha value is -0.860. The summed E-state index contributed by atoms with van der Waals surface area (Å²) in [6, 6.07) is 0. The van der Waals surface area contributed by atoms with Crippen LogP contribution in [-0.2, 0) is 19.4 Å². The fraction of sp³-hybridized carbons (Fsp3) is 0.800. The van der Waals surface area contributed by atoms with Crippen molar-refractivity contribution in [3.8, 4) is 0 Å². The normalized spacial score (nSPS) is 19.9. The fourth-order valence-corrected chi connectivity index (χ4v) is 1.96. The molecule has 0 spiro atoms. The lowest BCUT2D eigenvalue weighted by Crippen LogP contribution is -2.28. The molecule has 2 heterocycles. The molecule has 1 aliphatic heterocycles. The average Bonchev–Trinajstić information content (AvgIpc) is 2.44. The molecule has 0 bridgehead atoms. The van der Waals surface area contributed by atoms with Crippen LogP contribution in [0, 0.1) is 5.41 Å². The maximum absolute atomic E-state index is 4.21. The van der Waals surface area contributed by atoms with Crippen LogP contribution in [0.25, 0.3) is 0 Å². The summed E-state index contributed by atoms with van der Waals surface area (Å²) in [6.07, 6.45) is 3.30. The van der Waals surface area contributed by atoms with Gasteiger partial charge in [0.15, 0.2) is 0 Å². The summed E-state index contributed by atoms with van der Waals surface area (Å²) >= 11 is 0. The predicted molar refractivity (Wildman–Crippen MR) is 51.5 cm³/mol. The molecule has 0 N–H and O–H groups in total. The summed E-state index contributed by atoms with van der Waals surface area (Å²) in [5.74, 6) is 2.32. The summed E-state index contributed by atoms with van der Waals surface area (Å²) in [5, 5.41) is 8.40. The molecule has 0 amide bonds. The second kappa shape index (κ2) is 2.82. The highest BCUT2D eigenvalue weighted by atomic mass is 15.3. The van der Waals surface area contributed by atoms with Crippen molar-refractivity contribution in [2.75, 3.05) is 0 Å². The molecule has 0 aromatic carbocycles. The number of hydrogen-bond acceptors (Lipinski definition) is 2. The van der Waals surface area contributed by atoms with Crippen LogP contribution in [0.5, 0.6) is 0 Å². The van der Waals surface area contributed by atoms with Crippen molar-refractivity contribution in [1.82, 2.24) is 14.8 Å². The number of fused-ring (bicyclic) bond motifs is 1. The minimum absolute atomic E-state index is 0.416. The van der Waals surface area contributed by atoms with Crippen LogP contribution in [0.4, 0.5) is 0 Å². The predicted octanol–water partition coefficient (Wildman–Crippen LogP) is 1.81. The number of nitrogens with zero attached hydrogens (tertiary/aromatic N) is 3. The van der Waals surface area contributed by atoms with Crippen LogP contribution in [0.15, 0.2) is 0 Å². The van der Waals surface area contributed by atoms with E-state index in [4.69, 9.17) is 0 Å². The zero-order valence-corrected chi connectivity index (χ0v) is 8.67. The molecule has 1 aromatic rings. The monoisotopic (exact) mass is 179 g/mol. The van der Waals surface area contributed by atoms with Gasteiger partial charge in [-0.3, -0.25) is 0 Å². The molecule has 2 rings (SSSR count). The maximum atomic E-state index is 4.21. The Kier molecular flexibility index (Phi) is 1.90. The van der Waals surface area contributed by atoms with Crippen molar-refractivity contribution in [3.63, 3.8) is 0 Å². The first-order valence-electron chi connectivity index (χ1n) is 5.03. The van der Waals surface area contributed by atoms with Crippen LogP contribution in [0.3, 0.4) is 0 Å². The number of hydrogen-bond donors (Lipinski definition) is 0. The molecule has 0 radical (unpaired) electrons. The van der Waals surface area contributed by atoms with E-state index in [1.807, 2.05) is 0 Å². The molecule has 0 fully saturated rings. The van der Waals surface area contributed by atoms with E-state index in [0.29, 0.717) is 5.41 Å². The fourth-order valence-electron chi connectivity index (χ4n) is 1.96. The molecule has 0 saturated heterocycles. The van der Waals surface area contributed by atoms with E-state index in [-0.39, 0.29) is 0 Å². The third kappa shape index (κ3) is 1.47. The third-order valence-corrected chi connectivity index (χ3v) is 2.83. The van der Waals surface area contributed by atoms with E-state index in [2.05, 4.69) is 35.5 Å². The Labute approximate surface area is 79.2 Å². The molecule has 1 aromatic heterocycles. The number of rotatable bonds is 1. The third-order valence-electron chi connectivity index (χ3n) is 2.83. The first kappa shape index (κ1) is 8.73. The van der Waals surface area contributed by atoms with E-state index >= 15 is 0 Å². The lowest BCUT2D eigenvalue weighted by Gasteiger charge is -2.30.